The van der Waals surface area contributed by atoms with E-state index >= 15 is 0 Å². The van der Waals surface area contributed by atoms with Crippen LogP contribution in [0.5, 0.6) is 0 Å². The van der Waals surface area contributed by atoms with Crippen molar-refractivity contribution in [1.82, 2.24) is 9.55 Å². The molecule has 0 aliphatic rings. The van der Waals surface area contributed by atoms with Crippen LogP contribution in [0.4, 0.5) is 5.69 Å². The van der Waals surface area contributed by atoms with Crippen molar-refractivity contribution in [1.29, 1.82) is 0 Å². The fraction of sp³-hybridized carbons (Fsp3) is 0.263. The summed E-state index contributed by atoms with van der Waals surface area (Å²) in [6.45, 7) is 1.80. The predicted molar refractivity (Wildman–Crippen MR) is 111 cm³/mol. The quantitative estimate of drug-likeness (QED) is 0.590. The number of nitrogens with one attached hydrogen (secondary N) is 1. The largest absolute Gasteiger partial charge is 0.478 e. The van der Waals surface area contributed by atoms with E-state index in [-0.39, 0.29) is 17.5 Å². The van der Waals surface area contributed by atoms with Crippen molar-refractivity contribution in [2.75, 3.05) is 19.0 Å². The van der Waals surface area contributed by atoms with E-state index in [0.717, 1.165) is 16.9 Å². The standard InChI is InChI=1S/C19H18ClN3O5S/c1-10-3-4-11(20)7-13(10)21-15(24)8-23-14(5-6-28-2)22-17-16(18(23)25)12(9-29-17)19(26)27/h3-4,7,9H,5-6,8H2,1-2H3,(H,21,24)(H,26,27). The predicted octanol–water partition coefficient (Wildman–Crippen LogP) is 2.95. The molecule has 0 radical (unpaired) electrons. The summed E-state index contributed by atoms with van der Waals surface area (Å²) in [6.07, 6.45) is 0.297. The lowest BCUT2D eigenvalue weighted by atomic mass is 10.2. The van der Waals surface area contributed by atoms with Crippen molar-refractivity contribution in [3.05, 3.63) is 55.9 Å². The Morgan fingerprint density at radius 3 is 2.83 bits per heavy atom. The Morgan fingerprint density at radius 2 is 2.14 bits per heavy atom. The molecule has 3 rings (SSSR count). The number of hydrogen-bond acceptors (Lipinski definition) is 6. The molecule has 152 valence electrons. The van der Waals surface area contributed by atoms with Gasteiger partial charge in [0, 0.05) is 29.6 Å². The summed E-state index contributed by atoms with van der Waals surface area (Å²) < 4.78 is 6.25. The highest BCUT2D eigenvalue weighted by Gasteiger charge is 2.21. The zero-order valence-corrected chi connectivity index (χ0v) is 17.3. The zero-order chi connectivity index (χ0) is 21.1. The molecule has 0 saturated heterocycles. The number of benzene rings is 1. The second kappa shape index (κ2) is 8.73. The molecule has 0 saturated carbocycles. The second-order valence-corrected chi connectivity index (χ2v) is 7.60. The van der Waals surface area contributed by atoms with Crippen LogP contribution in [-0.4, -0.2) is 40.3 Å². The molecule has 0 atom stereocenters. The summed E-state index contributed by atoms with van der Waals surface area (Å²) in [5, 5.41) is 13.9. The number of hydrogen-bond donors (Lipinski definition) is 2. The molecule has 1 amide bonds. The monoisotopic (exact) mass is 435 g/mol. The van der Waals surface area contributed by atoms with Gasteiger partial charge in [0.1, 0.15) is 17.2 Å². The van der Waals surface area contributed by atoms with E-state index < -0.39 is 17.4 Å². The van der Waals surface area contributed by atoms with Gasteiger partial charge < -0.3 is 15.2 Å². The molecule has 0 aliphatic heterocycles. The van der Waals surface area contributed by atoms with Crippen molar-refractivity contribution in [2.45, 2.75) is 19.9 Å². The summed E-state index contributed by atoms with van der Waals surface area (Å²) in [6, 6.07) is 5.10. The Labute approximate surface area is 174 Å². The molecule has 3 aromatic rings. The highest BCUT2D eigenvalue weighted by Crippen LogP contribution is 2.23. The van der Waals surface area contributed by atoms with Crippen molar-refractivity contribution in [3.63, 3.8) is 0 Å². The Kier molecular flexibility index (Phi) is 6.31. The maximum absolute atomic E-state index is 13.0. The molecule has 29 heavy (non-hydrogen) atoms. The molecule has 8 nitrogen and oxygen atoms in total. The lowest BCUT2D eigenvalue weighted by molar-refractivity contribution is -0.116. The Morgan fingerprint density at radius 1 is 1.38 bits per heavy atom. The average molecular weight is 436 g/mol. The third-order valence-corrected chi connectivity index (χ3v) is 5.42. The number of rotatable bonds is 7. The highest BCUT2D eigenvalue weighted by molar-refractivity contribution is 7.17. The minimum atomic E-state index is -1.22. The minimum absolute atomic E-state index is 0.00426. The third-order valence-electron chi connectivity index (χ3n) is 4.31. The van der Waals surface area contributed by atoms with Crippen LogP contribution < -0.4 is 10.9 Å². The zero-order valence-electron chi connectivity index (χ0n) is 15.7. The van der Waals surface area contributed by atoms with Gasteiger partial charge in [-0.3, -0.25) is 14.2 Å². The third kappa shape index (κ3) is 4.47. The van der Waals surface area contributed by atoms with Gasteiger partial charge in [-0.05, 0) is 24.6 Å². The number of anilines is 1. The molecule has 0 spiro atoms. The Balaban J connectivity index is 2.01. The van der Waals surface area contributed by atoms with Crippen molar-refractivity contribution < 1.29 is 19.4 Å². The maximum atomic E-state index is 13.0. The number of halogens is 1. The number of thiophene rings is 1. The smallest absolute Gasteiger partial charge is 0.337 e. The Bertz CT molecular complexity index is 1150. The number of carboxylic acids is 1. The fourth-order valence-electron chi connectivity index (χ4n) is 2.83. The van der Waals surface area contributed by atoms with E-state index in [4.69, 9.17) is 16.3 Å². The first-order chi connectivity index (χ1) is 13.8. The number of carboxylic acid groups (broad SMARTS) is 1. The molecule has 0 unspecified atom stereocenters. The van der Waals surface area contributed by atoms with E-state index in [1.54, 1.807) is 18.2 Å². The first-order valence-corrected chi connectivity index (χ1v) is 9.86. The summed E-state index contributed by atoms with van der Waals surface area (Å²) in [4.78, 5) is 41.8. The number of carbonyl (C=O) groups excluding carboxylic acids is 1. The highest BCUT2D eigenvalue weighted by atomic mass is 35.5. The molecule has 0 aliphatic carbocycles. The van der Waals surface area contributed by atoms with Gasteiger partial charge in [-0.1, -0.05) is 17.7 Å². The molecule has 2 heterocycles. The average Bonchev–Trinajstić information content (AvgIpc) is 3.10. The van der Waals surface area contributed by atoms with Crippen LogP contribution in [0.15, 0.2) is 28.4 Å². The minimum Gasteiger partial charge on any atom is -0.478 e. The van der Waals surface area contributed by atoms with Gasteiger partial charge in [-0.15, -0.1) is 11.3 Å². The summed E-state index contributed by atoms with van der Waals surface area (Å²) in [5.74, 6) is -1.32. The summed E-state index contributed by atoms with van der Waals surface area (Å²) in [5.41, 5.74) is 0.650. The van der Waals surface area contributed by atoms with Gasteiger partial charge in [0.25, 0.3) is 5.56 Å². The fourth-order valence-corrected chi connectivity index (χ4v) is 3.93. The first-order valence-electron chi connectivity index (χ1n) is 8.61. The van der Waals surface area contributed by atoms with E-state index in [0.29, 0.717) is 34.4 Å². The van der Waals surface area contributed by atoms with Gasteiger partial charge in [-0.2, -0.15) is 0 Å². The van der Waals surface area contributed by atoms with Crippen LogP contribution in [0, 0.1) is 6.92 Å². The van der Waals surface area contributed by atoms with E-state index in [1.165, 1.54) is 17.1 Å². The number of fused-ring (bicyclic) bond motifs is 1. The molecule has 2 N–H and O–H groups in total. The van der Waals surface area contributed by atoms with Crippen LogP contribution in [-0.2, 0) is 22.5 Å². The first kappa shape index (κ1) is 21.0. The summed E-state index contributed by atoms with van der Waals surface area (Å²) >= 11 is 7.06. The number of amides is 1. The van der Waals surface area contributed by atoms with Gasteiger partial charge in [0.2, 0.25) is 5.91 Å². The van der Waals surface area contributed by atoms with E-state index in [9.17, 15) is 19.5 Å². The molecule has 1 aromatic carbocycles. The number of ether oxygens (including phenoxy) is 1. The molecule has 2 aromatic heterocycles. The number of aryl methyl sites for hydroxylation is 1. The SMILES string of the molecule is COCCc1nc2scc(C(=O)O)c2c(=O)n1CC(=O)Nc1cc(Cl)ccc1C. The van der Waals surface area contributed by atoms with Crippen LogP contribution in [0.2, 0.25) is 5.02 Å². The van der Waals surface area contributed by atoms with Crippen LogP contribution in [0.3, 0.4) is 0 Å². The lowest BCUT2D eigenvalue weighted by Crippen LogP contribution is -2.32. The number of aromatic carboxylic acids is 1. The van der Waals surface area contributed by atoms with Crippen LogP contribution in [0.25, 0.3) is 10.2 Å². The van der Waals surface area contributed by atoms with Crippen LogP contribution in [0.1, 0.15) is 21.7 Å². The molecule has 10 heteroatoms. The molecular weight excluding hydrogens is 418 g/mol. The van der Waals surface area contributed by atoms with Gasteiger partial charge in [0.05, 0.1) is 17.6 Å². The van der Waals surface area contributed by atoms with Gasteiger partial charge in [-0.25, -0.2) is 9.78 Å². The molecule has 0 bridgehead atoms. The number of nitrogens with zero attached hydrogens (tertiary/aromatic N) is 2. The summed E-state index contributed by atoms with van der Waals surface area (Å²) in [7, 11) is 1.52. The Hall–Kier alpha value is -2.75. The number of carbonyl (C=O) groups is 2. The van der Waals surface area contributed by atoms with E-state index in [2.05, 4.69) is 10.3 Å². The number of methoxy groups -OCH3 is 1. The molecule has 0 fully saturated rings. The lowest BCUT2D eigenvalue weighted by Gasteiger charge is -2.14. The topological polar surface area (TPSA) is 111 Å². The number of aromatic nitrogens is 2. The second-order valence-electron chi connectivity index (χ2n) is 6.30. The van der Waals surface area contributed by atoms with Gasteiger partial charge >= 0.3 is 5.97 Å². The van der Waals surface area contributed by atoms with Crippen molar-refractivity contribution in [3.8, 4) is 0 Å². The van der Waals surface area contributed by atoms with Crippen molar-refractivity contribution in [2.24, 2.45) is 0 Å². The van der Waals surface area contributed by atoms with Crippen LogP contribution >= 0.6 is 22.9 Å². The van der Waals surface area contributed by atoms with Gasteiger partial charge in [0.15, 0.2) is 0 Å². The molecular formula is C19H18ClN3O5S. The van der Waals surface area contributed by atoms with Crippen molar-refractivity contribution >= 4 is 50.7 Å². The van der Waals surface area contributed by atoms with E-state index in [1.807, 2.05) is 6.92 Å². The maximum Gasteiger partial charge on any atom is 0.337 e. The normalized spacial score (nSPS) is 11.0.